The highest BCUT2D eigenvalue weighted by atomic mass is 32.2. The van der Waals surface area contributed by atoms with Crippen molar-refractivity contribution in [3.63, 3.8) is 0 Å². The van der Waals surface area contributed by atoms with Gasteiger partial charge in [-0.1, -0.05) is 13.8 Å². The molecule has 0 aliphatic heterocycles. The maximum atomic E-state index is 11.5. The zero-order chi connectivity index (χ0) is 11.6. The monoisotopic (exact) mass is 230 g/mol. The quantitative estimate of drug-likeness (QED) is 0.858. The third-order valence-electron chi connectivity index (χ3n) is 2.01. The lowest BCUT2D eigenvalue weighted by Gasteiger charge is -2.01. The summed E-state index contributed by atoms with van der Waals surface area (Å²) in [6.45, 7) is 5.29. The molecule has 0 saturated carbocycles. The molecular formula is C10H14O4S. The molecule has 4 nitrogen and oxygen atoms in total. The van der Waals surface area contributed by atoms with E-state index in [0.717, 1.165) is 0 Å². The van der Waals surface area contributed by atoms with Crippen LogP contribution in [0.1, 0.15) is 35.7 Å². The van der Waals surface area contributed by atoms with Gasteiger partial charge in [-0.2, -0.15) is 0 Å². The number of aryl methyl sites for hydroxylation is 1. The second kappa shape index (κ2) is 4.61. The van der Waals surface area contributed by atoms with E-state index >= 15 is 0 Å². The van der Waals surface area contributed by atoms with Crippen LogP contribution in [0.2, 0.25) is 0 Å². The normalized spacial score (nSPS) is 13.1. The zero-order valence-electron chi connectivity index (χ0n) is 8.94. The largest absolute Gasteiger partial charge is 0.478 e. The summed E-state index contributed by atoms with van der Waals surface area (Å²) in [6.07, 6.45) is 0. The number of aromatic carboxylic acids is 1. The Bertz CT molecular complexity index is 392. The summed E-state index contributed by atoms with van der Waals surface area (Å²) in [5.41, 5.74) is 0.144. The molecule has 1 aromatic heterocycles. The number of hydrogen-bond acceptors (Lipinski definition) is 3. The Morgan fingerprint density at radius 2 is 2.20 bits per heavy atom. The van der Waals surface area contributed by atoms with E-state index in [1.54, 1.807) is 6.92 Å². The Balaban J connectivity index is 2.84. The van der Waals surface area contributed by atoms with Crippen molar-refractivity contribution in [1.29, 1.82) is 0 Å². The van der Waals surface area contributed by atoms with Crippen LogP contribution in [-0.4, -0.2) is 20.5 Å². The molecule has 0 spiro atoms. The number of rotatable bonds is 4. The summed E-state index contributed by atoms with van der Waals surface area (Å²) in [5.74, 6) is 0.0826. The van der Waals surface area contributed by atoms with Gasteiger partial charge in [-0.25, -0.2) is 4.79 Å². The first-order valence-corrected chi connectivity index (χ1v) is 5.99. The zero-order valence-corrected chi connectivity index (χ0v) is 9.76. The Morgan fingerprint density at radius 1 is 1.60 bits per heavy atom. The van der Waals surface area contributed by atoms with E-state index in [-0.39, 0.29) is 16.6 Å². The molecular weight excluding hydrogens is 216 g/mol. The summed E-state index contributed by atoms with van der Waals surface area (Å²) < 4.78 is 16.7. The van der Waals surface area contributed by atoms with Crippen LogP contribution in [0.15, 0.2) is 10.5 Å². The SMILES string of the molecule is Cc1oc(CS(=O)C(C)C)cc1C(=O)O. The first-order valence-electron chi connectivity index (χ1n) is 4.61. The van der Waals surface area contributed by atoms with Crippen LogP contribution in [-0.2, 0) is 16.6 Å². The summed E-state index contributed by atoms with van der Waals surface area (Å²) in [6, 6.07) is 1.44. The lowest BCUT2D eigenvalue weighted by atomic mass is 10.2. The summed E-state index contributed by atoms with van der Waals surface area (Å²) >= 11 is 0. The van der Waals surface area contributed by atoms with Gasteiger partial charge in [0.25, 0.3) is 0 Å². The van der Waals surface area contributed by atoms with Crippen LogP contribution in [0.5, 0.6) is 0 Å². The molecule has 1 atom stereocenters. The van der Waals surface area contributed by atoms with E-state index in [2.05, 4.69) is 0 Å². The highest BCUT2D eigenvalue weighted by Gasteiger charge is 2.16. The fourth-order valence-corrected chi connectivity index (χ4v) is 1.89. The van der Waals surface area contributed by atoms with Crippen molar-refractivity contribution >= 4 is 16.8 Å². The van der Waals surface area contributed by atoms with Crippen LogP contribution in [0.3, 0.4) is 0 Å². The molecule has 1 heterocycles. The van der Waals surface area contributed by atoms with Gasteiger partial charge in [0.15, 0.2) is 0 Å². The summed E-state index contributed by atoms with van der Waals surface area (Å²) in [5, 5.41) is 8.83. The second-order valence-electron chi connectivity index (χ2n) is 3.56. The van der Waals surface area contributed by atoms with Crippen molar-refractivity contribution in [2.75, 3.05) is 0 Å². The third kappa shape index (κ3) is 2.92. The standard InChI is InChI=1S/C10H14O4S/c1-6(2)15(13)5-8-4-9(10(11)12)7(3)14-8/h4,6H,5H2,1-3H3,(H,11,12). The molecule has 15 heavy (non-hydrogen) atoms. The molecule has 1 aromatic rings. The number of carbonyl (C=O) groups is 1. The van der Waals surface area contributed by atoms with Crippen LogP contribution in [0.25, 0.3) is 0 Å². The summed E-state index contributed by atoms with van der Waals surface area (Å²) in [4.78, 5) is 10.7. The molecule has 5 heteroatoms. The Hall–Kier alpha value is -1.10. The van der Waals surface area contributed by atoms with Gasteiger partial charge >= 0.3 is 5.97 Å². The van der Waals surface area contributed by atoms with Crippen LogP contribution in [0.4, 0.5) is 0 Å². The Kier molecular flexibility index (Phi) is 3.68. The van der Waals surface area contributed by atoms with Crippen molar-refractivity contribution in [1.82, 2.24) is 0 Å². The molecule has 84 valence electrons. The number of furan rings is 1. The fraction of sp³-hybridized carbons (Fsp3) is 0.500. The van der Waals surface area contributed by atoms with Crippen molar-refractivity contribution < 1.29 is 18.5 Å². The van der Waals surface area contributed by atoms with Crippen molar-refractivity contribution in [3.8, 4) is 0 Å². The maximum absolute atomic E-state index is 11.5. The fourth-order valence-electron chi connectivity index (χ4n) is 1.13. The van der Waals surface area contributed by atoms with Gasteiger partial charge in [-0.15, -0.1) is 0 Å². The molecule has 0 aromatic carbocycles. The summed E-state index contributed by atoms with van der Waals surface area (Å²) in [7, 11) is -1.02. The molecule has 0 fully saturated rings. The second-order valence-corrected chi connectivity index (χ2v) is 5.55. The number of hydrogen-bond donors (Lipinski definition) is 1. The van der Waals surface area contributed by atoms with E-state index in [1.165, 1.54) is 6.07 Å². The average Bonchev–Trinajstić information content (AvgIpc) is 2.46. The number of carboxylic acids is 1. The van der Waals surface area contributed by atoms with E-state index < -0.39 is 16.8 Å². The topological polar surface area (TPSA) is 67.5 Å². The highest BCUT2D eigenvalue weighted by molar-refractivity contribution is 7.84. The minimum Gasteiger partial charge on any atom is -0.478 e. The van der Waals surface area contributed by atoms with E-state index in [9.17, 15) is 9.00 Å². The molecule has 1 rings (SSSR count). The van der Waals surface area contributed by atoms with E-state index in [1.807, 2.05) is 13.8 Å². The van der Waals surface area contributed by atoms with Crippen LogP contribution >= 0.6 is 0 Å². The third-order valence-corrected chi connectivity index (χ3v) is 3.63. The first-order chi connectivity index (χ1) is 6.91. The maximum Gasteiger partial charge on any atom is 0.339 e. The van der Waals surface area contributed by atoms with Gasteiger partial charge in [0.05, 0.1) is 5.75 Å². The molecule has 0 bridgehead atoms. The lowest BCUT2D eigenvalue weighted by molar-refractivity contribution is 0.0695. The van der Waals surface area contributed by atoms with Crippen molar-refractivity contribution in [2.45, 2.75) is 31.8 Å². The van der Waals surface area contributed by atoms with Crippen molar-refractivity contribution in [3.05, 3.63) is 23.2 Å². The van der Waals surface area contributed by atoms with E-state index in [4.69, 9.17) is 9.52 Å². The van der Waals surface area contributed by atoms with Gasteiger partial charge in [0.2, 0.25) is 0 Å². The molecule has 0 aliphatic rings. The Morgan fingerprint density at radius 3 is 2.60 bits per heavy atom. The van der Waals surface area contributed by atoms with E-state index in [0.29, 0.717) is 11.5 Å². The predicted molar refractivity (Wildman–Crippen MR) is 57.4 cm³/mol. The van der Waals surface area contributed by atoms with Crippen molar-refractivity contribution in [2.24, 2.45) is 0 Å². The first kappa shape index (κ1) is 12.0. The smallest absolute Gasteiger partial charge is 0.339 e. The predicted octanol–water partition coefficient (Wildman–Crippen LogP) is 1.94. The minimum absolute atomic E-state index is 0.0451. The van der Waals surface area contributed by atoms with Gasteiger partial charge < -0.3 is 9.52 Å². The minimum atomic E-state index is -1.02. The van der Waals surface area contributed by atoms with Gasteiger partial charge in [-0.05, 0) is 13.0 Å². The van der Waals surface area contributed by atoms with Gasteiger partial charge in [0, 0.05) is 16.0 Å². The molecule has 1 unspecified atom stereocenters. The Labute approximate surface area is 90.7 Å². The van der Waals surface area contributed by atoms with Gasteiger partial charge in [0.1, 0.15) is 17.1 Å². The van der Waals surface area contributed by atoms with Crippen LogP contribution < -0.4 is 0 Å². The molecule has 0 amide bonds. The molecule has 0 radical (unpaired) electrons. The highest BCUT2D eigenvalue weighted by Crippen LogP contribution is 2.17. The van der Waals surface area contributed by atoms with Crippen LogP contribution in [0, 0.1) is 6.92 Å². The molecule has 0 saturated heterocycles. The molecule has 0 aliphatic carbocycles. The number of carboxylic acid groups (broad SMARTS) is 1. The lowest BCUT2D eigenvalue weighted by Crippen LogP contribution is -2.07. The average molecular weight is 230 g/mol. The van der Waals surface area contributed by atoms with Gasteiger partial charge in [-0.3, -0.25) is 4.21 Å². The molecule has 1 N–H and O–H groups in total.